The molecule has 0 amide bonds. The van der Waals surface area contributed by atoms with Crippen molar-refractivity contribution in [2.24, 2.45) is 44.3 Å². The molecule has 1 unspecified atom stereocenters. The van der Waals surface area contributed by atoms with Gasteiger partial charge in [0.15, 0.2) is 0 Å². The summed E-state index contributed by atoms with van der Waals surface area (Å²) < 4.78 is 0. The number of aliphatic carboxylic acids is 1. The molecule has 0 aromatic rings. The van der Waals surface area contributed by atoms with E-state index < -0.39 is 29.0 Å². The highest BCUT2D eigenvalue weighted by molar-refractivity contribution is 5.80. The molecular weight excluding hydrogens is 440 g/mol. The standard InChI is InChI=1S/C30H48O5/c1-25(2)11-13-30(24(34)35)14-12-28(5)18(19(30)15-25)7-8-22-26(3)16-20(32)23(33)27(4,17-31)21(26)9-10-29(22,28)6/h20-23,31-33H,7-17H2,1-6H3,(H,34,35)/t20-,21?,22-,23+,26+,27+,28-,29-,30+/m1/s1. The van der Waals surface area contributed by atoms with Crippen LogP contribution in [0.5, 0.6) is 0 Å². The molecule has 0 bridgehead atoms. The van der Waals surface area contributed by atoms with Gasteiger partial charge in [-0.05, 0) is 97.7 Å². The molecule has 0 aromatic heterocycles. The van der Waals surface area contributed by atoms with Crippen molar-refractivity contribution in [1.82, 2.24) is 0 Å². The molecule has 0 radical (unpaired) electrons. The van der Waals surface area contributed by atoms with E-state index in [1.165, 1.54) is 11.1 Å². The number of carbonyl (C=O) groups is 1. The summed E-state index contributed by atoms with van der Waals surface area (Å²) in [4.78, 5) is 12.8. The Morgan fingerprint density at radius 2 is 1.54 bits per heavy atom. The summed E-state index contributed by atoms with van der Waals surface area (Å²) in [6.07, 6.45) is 6.98. The summed E-state index contributed by atoms with van der Waals surface area (Å²) >= 11 is 0. The van der Waals surface area contributed by atoms with Crippen LogP contribution in [-0.4, -0.2) is 45.2 Å². The lowest BCUT2D eigenvalue weighted by Crippen LogP contribution is -2.67. The van der Waals surface area contributed by atoms with Crippen LogP contribution in [0, 0.1) is 44.3 Å². The summed E-state index contributed by atoms with van der Waals surface area (Å²) in [6.45, 7) is 13.6. The maximum atomic E-state index is 12.8. The van der Waals surface area contributed by atoms with Crippen LogP contribution in [0.3, 0.4) is 0 Å². The summed E-state index contributed by atoms with van der Waals surface area (Å²) in [5.74, 6) is -0.0988. The monoisotopic (exact) mass is 488 g/mol. The molecule has 4 N–H and O–H groups in total. The van der Waals surface area contributed by atoms with Crippen molar-refractivity contribution in [3.05, 3.63) is 11.1 Å². The van der Waals surface area contributed by atoms with Crippen molar-refractivity contribution in [1.29, 1.82) is 0 Å². The summed E-state index contributed by atoms with van der Waals surface area (Å²) in [5.41, 5.74) is 1.22. The summed E-state index contributed by atoms with van der Waals surface area (Å²) in [7, 11) is 0. The smallest absolute Gasteiger partial charge is 0.313 e. The van der Waals surface area contributed by atoms with E-state index >= 15 is 0 Å². The second-order valence-electron chi connectivity index (χ2n) is 15.0. The van der Waals surface area contributed by atoms with E-state index in [1.54, 1.807) is 0 Å². The average Bonchev–Trinajstić information content (AvgIpc) is 2.77. The van der Waals surface area contributed by atoms with E-state index in [4.69, 9.17) is 0 Å². The van der Waals surface area contributed by atoms with Gasteiger partial charge >= 0.3 is 5.97 Å². The van der Waals surface area contributed by atoms with Gasteiger partial charge in [-0.15, -0.1) is 0 Å². The number of carboxylic acids is 1. The molecule has 0 saturated heterocycles. The molecule has 5 nitrogen and oxygen atoms in total. The quantitative estimate of drug-likeness (QED) is 0.394. The Morgan fingerprint density at radius 1 is 0.886 bits per heavy atom. The Hall–Kier alpha value is -0.910. The maximum absolute atomic E-state index is 12.8. The number of rotatable bonds is 2. The second-order valence-corrected chi connectivity index (χ2v) is 15.0. The van der Waals surface area contributed by atoms with Crippen molar-refractivity contribution in [3.8, 4) is 0 Å². The molecule has 0 aromatic carbocycles. The minimum absolute atomic E-state index is 0.00344. The van der Waals surface area contributed by atoms with Crippen molar-refractivity contribution in [2.45, 2.75) is 118 Å². The lowest BCUT2D eigenvalue weighted by molar-refractivity contribution is -0.245. The molecule has 35 heavy (non-hydrogen) atoms. The molecule has 5 rings (SSSR count). The lowest BCUT2D eigenvalue weighted by Gasteiger charge is -2.71. The molecule has 5 aliphatic carbocycles. The maximum Gasteiger partial charge on any atom is 0.313 e. The van der Waals surface area contributed by atoms with Crippen LogP contribution in [-0.2, 0) is 4.79 Å². The van der Waals surface area contributed by atoms with E-state index in [0.29, 0.717) is 12.3 Å². The van der Waals surface area contributed by atoms with Crippen LogP contribution < -0.4 is 0 Å². The fourth-order valence-corrected chi connectivity index (χ4v) is 10.8. The van der Waals surface area contributed by atoms with E-state index in [-0.39, 0.29) is 34.2 Å². The van der Waals surface area contributed by atoms with Gasteiger partial charge in [0.05, 0.1) is 24.2 Å². The number of aliphatic hydroxyl groups is 3. The van der Waals surface area contributed by atoms with Crippen LogP contribution in [0.1, 0.15) is 106 Å². The topological polar surface area (TPSA) is 98.0 Å². The number of hydrogen-bond donors (Lipinski definition) is 4. The highest BCUT2D eigenvalue weighted by atomic mass is 16.4. The van der Waals surface area contributed by atoms with Crippen LogP contribution in [0.25, 0.3) is 0 Å². The Labute approximate surface area is 211 Å². The first-order valence-electron chi connectivity index (χ1n) is 14.0. The third-order valence-electron chi connectivity index (χ3n) is 13.0. The molecular formula is C30H48O5. The Kier molecular flexibility index (Phi) is 5.56. The molecule has 0 aliphatic heterocycles. The predicted molar refractivity (Wildman–Crippen MR) is 136 cm³/mol. The molecule has 198 valence electrons. The largest absolute Gasteiger partial charge is 0.481 e. The van der Waals surface area contributed by atoms with Gasteiger partial charge in [0.2, 0.25) is 0 Å². The average molecular weight is 489 g/mol. The Balaban J connectivity index is 1.63. The second kappa shape index (κ2) is 7.57. The number of carboxylic acid groups (broad SMARTS) is 1. The van der Waals surface area contributed by atoms with Gasteiger partial charge in [-0.1, -0.05) is 52.7 Å². The number of fused-ring (bicyclic) bond motifs is 6. The van der Waals surface area contributed by atoms with Gasteiger partial charge < -0.3 is 20.4 Å². The van der Waals surface area contributed by atoms with Crippen molar-refractivity contribution in [3.63, 3.8) is 0 Å². The van der Waals surface area contributed by atoms with Crippen molar-refractivity contribution in [2.75, 3.05) is 6.61 Å². The molecule has 4 fully saturated rings. The summed E-state index contributed by atoms with van der Waals surface area (Å²) in [5, 5.41) is 42.8. The van der Waals surface area contributed by atoms with E-state index in [9.17, 15) is 25.2 Å². The van der Waals surface area contributed by atoms with Crippen molar-refractivity contribution < 1.29 is 25.2 Å². The highest BCUT2D eigenvalue weighted by Gasteiger charge is 2.69. The Bertz CT molecular complexity index is 954. The van der Waals surface area contributed by atoms with Gasteiger partial charge in [0.25, 0.3) is 0 Å². The molecule has 4 saturated carbocycles. The van der Waals surface area contributed by atoms with Crippen LogP contribution >= 0.6 is 0 Å². The van der Waals surface area contributed by atoms with Gasteiger partial charge in [-0.2, -0.15) is 0 Å². The first-order chi connectivity index (χ1) is 16.1. The zero-order valence-electron chi connectivity index (χ0n) is 22.8. The SMILES string of the molecule is CC1(C)CC[C@]2(C(=O)O)CC[C@]3(C)C(=C2C1)CC[C@@H]1[C@@]2(C)C[C@@H](O)[C@H](O)[C@@](C)(CO)C2CC[C@]13C. The third-order valence-corrected chi connectivity index (χ3v) is 13.0. The highest BCUT2D eigenvalue weighted by Crippen LogP contribution is 2.75. The Morgan fingerprint density at radius 3 is 2.17 bits per heavy atom. The van der Waals surface area contributed by atoms with E-state index in [1.807, 2.05) is 6.92 Å². The molecule has 5 heteroatoms. The fourth-order valence-electron chi connectivity index (χ4n) is 10.8. The first kappa shape index (κ1) is 25.7. The minimum Gasteiger partial charge on any atom is -0.481 e. The molecule has 0 spiro atoms. The van der Waals surface area contributed by atoms with Gasteiger partial charge in [0.1, 0.15) is 0 Å². The lowest BCUT2D eigenvalue weighted by atomic mass is 9.33. The number of aliphatic hydroxyl groups excluding tert-OH is 3. The molecule has 0 heterocycles. The molecule has 9 atom stereocenters. The van der Waals surface area contributed by atoms with Crippen LogP contribution in [0.2, 0.25) is 0 Å². The fraction of sp³-hybridized carbons (Fsp3) is 0.900. The number of hydrogen-bond acceptors (Lipinski definition) is 4. The molecule has 5 aliphatic rings. The zero-order chi connectivity index (χ0) is 25.8. The van der Waals surface area contributed by atoms with Crippen molar-refractivity contribution >= 4 is 5.97 Å². The van der Waals surface area contributed by atoms with Crippen LogP contribution in [0.15, 0.2) is 11.1 Å². The van der Waals surface area contributed by atoms with E-state index in [2.05, 4.69) is 34.6 Å². The number of allylic oxidation sites excluding steroid dienone is 1. The van der Waals surface area contributed by atoms with Gasteiger partial charge in [-0.25, -0.2) is 0 Å². The zero-order valence-corrected chi connectivity index (χ0v) is 22.8. The van der Waals surface area contributed by atoms with Crippen LogP contribution in [0.4, 0.5) is 0 Å². The van der Waals surface area contributed by atoms with Gasteiger partial charge in [0, 0.05) is 5.41 Å². The predicted octanol–water partition coefficient (Wildman–Crippen LogP) is 5.32. The van der Waals surface area contributed by atoms with E-state index in [0.717, 1.165) is 57.8 Å². The minimum atomic E-state index is -0.901. The van der Waals surface area contributed by atoms with Gasteiger partial charge in [-0.3, -0.25) is 4.79 Å². The summed E-state index contributed by atoms with van der Waals surface area (Å²) in [6, 6.07) is 0. The first-order valence-corrected chi connectivity index (χ1v) is 14.0. The normalized spacial score (nSPS) is 53.2. The third kappa shape index (κ3) is 3.07.